The van der Waals surface area contributed by atoms with Crippen molar-refractivity contribution >= 4 is 0 Å². The van der Waals surface area contributed by atoms with Gasteiger partial charge in [0.25, 0.3) is 0 Å². The topological polar surface area (TPSA) is 50.1 Å². The molecule has 2 N–H and O–H groups in total. The van der Waals surface area contributed by atoms with E-state index in [1.54, 1.807) is 13.3 Å². The van der Waals surface area contributed by atoms with E-state index >= 15 is 0 Å². The van der Waals surface area contributed by atoms with Gasteiger partial charge < -0.3 is 15.0 Å². The van der Waals surface area contributed by atoms with Crippen molar-refractivity contribution in [2.45, 2.75) is 26.0 Å². The molecule has 4 nitrogen and oxygen atoms in total. The van der Waals surface area contributed by atoms with Crippen molar-refractivity contribution in [3.05, 3.63) is 18.2 Å². The number of likely N-dealkylation sites (N-methyl/N-ethyl adjacent to an activating group) is 1. The van der Waals surface area contributed by atoms with Crippen LogP contribution in [0.4, 0.5) is 0 Å². The van der Waals surface area contributed by atoms with Gasteiger partial charge in [0, 0.05) is 25.7 Å². The fourth-order valence-electron chi connectivity index (χ4n) is 1.19. The summed E-state index contributed by atoms with van der Waals surface area (Å²) in [5.74, 6) is 0. The SMILES string of the molecule is CNCCc1cn(CC(C)O)cn1. The van der Waals surface area contributed by atoms with Crippen LogP contribution in [0.25, 0.3) is 0 Å². The molecule has 0 aliphatic carbocycles. The van der Waals surface area contributed by atoms with Crippen molar-refractivity contribution in [2.75, 3.05) is 13.6 Å². The van der Waals surface area contributed by atoms with Crippen LogP contribution in [0.15, 0.2) is 12.5 Å². The van der Waals surface area contributed by atoms with Crippen LogP contribution in [0.3, 0.4) is 0 Å². The Morgan fingerprint density at radius 1 is 1.69 bits per heavy atom. The van der Waals surface area contributed by atoms with Gasteiger partial charge in [0.15, 0.2) is 0 Å². The summed E-state index contributed by atoms with van der Waals surface area (Å²) in [6.45, 7) is 3.32. The summed E-state index contributed by atoms with van der Waals surface area (Å²) < 4.78 is 1.91. The molecule has 1 rings (SSSR count). The third kappa shape index (κ3) is 3.57. The van der Waals surface area contributed by atoms with Gasteiger partial charge in [-0.15, -0.1) is 0 Å². The first-order valence-corrected chi connectivity index (χ1v) is 4.55. The number of aromatic nitrogens is 2. The largest absolute Gasteiger partial charge is 0.392 e. The summed E-state index contributed by atoms with van der Waals surface area (Å²) in [5, 5.41) is 12.2. The number of aliphatic hydroxyl groups excluding tert-OH is 1. The van der Waals surface area contributed by atoms with Crippen molar-refractivity contribution < 1.29 is 5.11 Å². The molecule has 0 saturated heterocycles. The van der Waals surface area contributed by atoms with Crippen molar-refractivity contribution in [3.63, 3.8) is 0 Å². The number of aliphatic hydroxyl groups is 1. The zero-order valence-corrected chi connectivity index (χ0v) is 8.20. The Labute approximate surface area is 78.6 Å². The van der Waals surface area contributed by atoms with Gasteiger partial charge in [-0.2, -0.15) is 0 Å². The van der Waals surface area contributed by atoms with E-state index < -0.39 is 0 Å². The minimum absolute atomic E-state index is 0.314. The molecule has 0 aliphatic rings. The van der Waals surface area contributed by atoms with Crippen LogP contribution < -0.4 is 5.32 Å². The van der Waals surface area contributed by atoms with E-state index in [0.717, 1.165) is 18.7 Å². The highest BCUT2D eigenvalue weighted by Gasteiger charge is 2.00. The van der Waals surface area contributed by atoms with E-state index in [-0.39, 0.29) is 6.10 Å². The molecule has 0 spiro atoms. The van der Waals surface area contributed by atoms with Gasteiger partial charge in [-0.1, -0.05) is 0 Å². The van der Waals surface area contributed by atoms with Crippen LogP contribution in [-0.4, -0.2) is 34.4 Å². The quantitative estimate of drug-likeness (QED) is 0.677. The Balaban J connectivity index is 2.44. The fraction of sp³-hybridized carbons (Fsp3) is 0.667. The first-order chi connectivity index (χ1) is 6.22. The lowest BCUT2D eigenvalue weighted by Crippen LogP contribution is -2.11. The molecule has 0 radical (unpaired) electrons. The number of rotatable bonds is 5. The Morgan fingerprint density at radius 3 is 3.08 bits per heavy atom. The predicted molar refractivity (Wildman–Crippen MR) is 51.5 cm³/mol. The Kier molecular flexibility index (Phi) is 3.92. The van der Waals surface area contributed by atoms with E-state index in [9.17, 15) is 0 Å². The average molecular weight is 183 g/mol. The Hall–Kier alpha value is -0.870. The summed E-state index contributed by atoms with van der Waals surface area (Å²) in [6.07, 6.45) is 4.36. The highest BCUT2D eigenvalue weighted by molar-refractivity contribution is 4.97. The van der Waals surface area contributed by atoms with Crippen molar-refractivity contribution in [2.24, 2.45) is 0 Å². The molecular weight excluding hydrogens is 166 g/mol. The third-order valence-corrected chi connectivity index (χ3v) is 1.79. The van der Waals surface area contributed by atoms with Crippen LogP contribution in [0, 0.1) is 0 Å². The van der Waals surface area contributed by atoms with Crippen LogP contribution in [0.1, 0.15) is 12.6 Å². The highest BCUT2D eigenvalue weighted by atomic mass is 16.3. The number of imidazole rings is 1. The first kappa shape index (κ1) is 10.2. The molecule has 0 aromatic carbocycles. The lowest BCUT2D eigenvalue weighted by molar-refractivity contribution is 0.173. The molecule has 1 aromatic rings. The molecule has 0 bridgehead atoms. The van der Waals surface area contributed by atoms with Gasteiger partial charge in [0.05, 0.1) is 18.1 Å². The third-order valence-electron chi connectivity index (χ3n) is 1.79. The van der Waals surface area contributed by atoms with Crippen molar-refractivity contribution in [1.29, 1.82) is 0 Å². The summed E-state index contributed by atoms with van der Waals surface area (Å²) in [7, 11) is 1.92. The molecule has 0 fully saturated rings. The maximum Gasteiger partial charge on any atom is 0.0950 e. The number of nitrogens with one attached hydrogen (secondary N) is 1. The van der Waals surface area contributed by atoms with Crippen LogP contribution in [0.5, 0.6) is 0 Å². The fourth-order valence-corrected chi connectivity index (χ4v) is 1.19. The summed E-state index contributed by atoms with van der Waals surface area (Å²) in [4.78, 5) is 4.22. The van der Waals surface area contributed by atoms with Gasteiger partial charge in [-0.3, -0.25) is 0 Å². The normalized spacial score (nSPS) is 13.2. The molecule has 0 aliphatic heterocycles. The van der Waals surface area contributed by atoms with E-state index in [0.29, 0.717) is 6.54 Å². The molecule has 13 heavy (non-hydrogen) atoms. The predicted octanol–water partition coefficient (Wildman–Crippen LogP) is 0.0258. The average Bonchev–Trinajstić information content (AvgIpc) is 2.48. The Morgan fingerprint density at radius 2 is 2.46 bits per heavy atom. The van der Waals surface area contributed by atoms with Gasteiger partial charge in [0.2, 0.25) is 0 Å². The van der Waals surface area contributed by atoms with Crippen molar-refractivity contribution in [1.82, 2.24) is 14.9 Å². The minimum Gasteiger partial charge on any atom is -0.392 e. The molecule has 1 atom stereocenters. The molecule has 0 saturated carbocycles. The van der Waals surface area contributed by atoms with Gasteiger partial charge in [0.1, 0.15) is 0 Å². The highest BCUT2D eigenvalue weighted by Crippen LogP contribution is 1.98. The van der Waals surface area contributed by atoms with Gasteiger partial charge in [-0.25, -0.2) is 4.98 Å². The summed E-state index contributed by atoms with van der Waals surface area (Å²) in [5.41, 5.74) is 1.06. The second-order valence-electron chi connectivity index (χ2n) is 3.26. The molecule has 4 heteroatoms. The molecular formula is C9H17N3O. The molecule has 1 unspecified atom stereocenters. The lowest BCUT2D eigenvalue weighted by atomic mass is 10.3. The second-order valence-corrected chi connectivity index (χ2v) is 3.26. The molecule has 1 aromatic heterocycles. The van der Waals surface area contributed by atoms with E-state index in [2.05, 4.69) is 10.3 Å². The molecule has 0 amide bonds. The zero-order chi connectivity index (χ0) is 9.68. The summed E-state index contributed by atoms with van der Waals surface area (Å²) >= 11 is 0. The van der Waals surface area contributed by atoms with Gasteiger partial charge in [-0.05, 0) is 14.0 Å². The maximum absolute atomic E-state index is 9.13. The van der Waals surface area contributed by atoms with E-state index in [1.807, 2.05) is 17.8 Å². The van der Waals surface area contributed by atoms with E-state index in [4.69, 9.17) is 5.11 Å². The number of hydrogen-bond acceptors (Lipinski definition) is 3. The molecule has 1 heterocycles. The van der Waals surface area contributed by atoms with Crippen LogP contribution >= 0.6 is 0 Å². The summed E-state index contributed by atoms with van der Waals surface area (Å²) in [6, 6.07) is 0. The lowest BCUT2D eigenvalue weighted by Gasteiger charge is -2.03. The minimum atomic E-state index is -0.314. The zero-order valence-electron chi connectivity index (χ0n) is 8.20. The monoisotopic (exact) mass is 183 g/mol. The standard InChI is InChI=1S/C9H17N3O/c1-8(13)5-12-6-9(11-7-12)3-4-10-2/h6-8,10,13H,3-5H2,1-2H3. The smallest absolute Gasteiger partial charge is 0.0950 e. The number of hydrogen-bond donors (Lipinski definition) is 2. The van der Waals surface area contributed by atoms with Gasteiger partial charge >= 0.3 is 0 Å². The van der Waals surface area contributed by atoms with Crippen LogP contribution in [0.2, 0.25) is 0 Å². The van der Waals surface area contributed by atoms with E-state index in [1.165, 1.54) is 0 Å². The van der Waals surface area contributed by atoms with Crippen molar-refractivity contribution in [3.8, 4) is 0 Å². The molecule has 74 valence electrons. The number of nitrogens with zero attached hydrogens (tertiary/aromatic N) is 2. The first-order valence-electron chi connectivity index (χ1n) is 4.55. The second kappa shape index (κ2) is 4.99. The maximum atomic E-state index is 9.13. The van der Waals surface area contributed by atoms with Crippen LogP contribution in [-0.2, 0) is 13.0 Å². The Bertz CT molecular complexity index is 245.